The van der Waals surface area contributed by atoms with Crippen LogP contribution in [0.5, 0.6) is 0 Å². The highest BCUT2D eigenvalue weighted by Gasteiger charge is 2.18. The summed E-state index contributed by atoms with van der Waals surface area (Å²) in [6.07, 6.45) is 0. The highest BCUT2D eigenvalue weighted by Crippen LogP contribution is 2.43. The molecule has 0 saturated heterocycles. The molecule has 10 aromatic rings. The van der Waals surface area contributed by atoms with Crippen molar-refractivity contribution in [1.82, 2.24) is 9.97 Å². The number of hydrogen-bond donors (Lipinski definition) is 0. The maximum Gasteiger partial charge on any atom is 0.160 e. The van der Waals surface area contributed by atoms with E-state index in [4.69, 9.17) is 14.4 Å². The highest BCUT2D eigenvalue weighted by atomic mass is 16.3. The van der Waals surface area contributed by atoms with Gasteiger partial charge in [-0.3, -0.25) is 0 Å². The maximum atomic E-state index is 6.66. The molecule has 246 valence electrons. The van der Waals surface area contributed by atoms with Gasteiger partial charge in [-0.05, 0) is 69.6 Å². The number of hydrogen-bond acceptors (Lipinski definition) is 3. The second-order valence-corrected chi connectivity index (χ2v) is 13.2. The van der Waals surface area contributed by atoms with Crippen molar-refractivity contribution < 1.29 is 4.42 Å². The molecule has 3 nitrogen and oxygen atoms in total. The Hall–Kier alpha value is -7.28. The van der Waals surface area contributed by atoms with Gasteiger partial charge in [-0.2, -0.15) is 0 Å². The van der Waals surface area contributed by atoms with E-state index in [1.54, 1.807) is 0 Å². The molecule has 0 aliphatic heterocycles. The van der Waals surface area contributed by atoms with Gasteiger partial charge in [-0.25, -0.2) is 9.97 Å². The smallest absolute Gasteiger partial charge is 0.160 e. The van der Waals surface area contributed by atoms with Gasteiger partial charge >= 0.3 is 0 Å². The van der Waals surface area contributed by atoms with Crippen molar-refractivity contribution in [1.29, 1.82) is 0 Å². The largest absolute Gasteiger partial charge is 0.455 e. The Bertz CT molecular complexity index is 2870. The minimum Gasteiger partial charge on any atom is -0.455 e. The summed E-state index contributed by atoms with van der Waals surface area (Å²) in [6.45, 7) is 0. The summed E-state index contributed by atoms with van der Waals surface area (Å²) >= 11 is 0. The van der Waals surface area contributed by atoms with Crippen LogP contribution in [-0.4, -0.2) is 9.97 Å². The zero-order valence-corrected chi connectivity index (χ0v) is 28.6. The van der Waals surface area contributed by atoms with Crippen molar-refractivity contribution in [3.8, 4) is 67.3 Å². The molecule has 0 unspecified atom stereocenters. The molecule has 3 heteroatoms. The topological polar surface area (TPSA) is 38.9 Å². The lowest BCUT2D eigenvalue weighted by molar-refractivity contribution is 0.673. The predicted octanol–water partition coefficient (Wildman–Crippen LogP) is 13.1. The third-order valence-electron chi connectivity index (χ3n) is 9.93. The van der Waals surface area contributed by atoms with Crippen LogP contribution in [-0.2, 0) is 0 Å². The number of aromatic nitrogens is 2. The zero-order valence-electron chi connectivity index (χ0n) is 28.6. The van der Waals surface area contributed by atoms with E-state index in [1.807, 2.05) is 54.6 Å². The lowest BCUT2D eigenvalue weighted by Crippen LogP contribution is -1.95. The van der Waals surface area contributed by atoms with Crippen LogP contribution in [0, 0.1) is 12.1 Å². The average molecular weight is 675 g/mol. The number of fused-ring (bicyclic) bond motifs is 5. The Morgan fingerprint density at radius 2 is 1.04 bits per heavy atom. The molecule has 0 atom stereocenters. The van der Waals surface area contributed by atoms with Crippen LogP contribution < -0.4 is 0 Å². The van der Waals surface area contributed by atoms with Gasteiger partial charge in [-0.1, -0.05) is 158 Å². The molecule has 0 spiro atoms. The molecular formula is C50H30N2O. The highest BCUT2D eigenvalue weighted by molar-refractivity contribution is 6.22. The number of rotatable bonds is 6. The predicted molar refractivity (Wildman–Crippen MR) is 217 cm³/mol. The average Bonchev–Trinajstić information content (AvgIpc) is 3.63. The van der Waals surface area contributed by atoms with E-state index in [9.17, 15) is 0 Å². The van der Waals surface area contributed by atoms with Crippen LogP contribution in [0.15, 0.2) is 186 Å². The summed E-state index contributed by atoms with van der Waals surface area (Å²) in [5.74, 6) is 0.682. The van der Waals surface area contributed by atoms with E-state index < -0.39 is 0 Å². The minimum atomic E-state index is 0.682. The molecule has 0 N–H and O–H groups in total. The fourth-order valence-corrected chi connectivity index (χ4v) is 7.40. The van der Waals surface area contributed by atoms with Crippen molar-refractivity contribution in [3.63, 3.8) is 0 Å². The van der Waals surface area contributed by atoms with Crippen molar-refractivity contribution in [3.05, 3.63) is 194 Å². The SMILES string of the molecule is c1cc(-c2cc(-c3ccccc3)nc(-c3ccccc3)n2)cc(-c2cccc(-c3cccc4oc5c6ccccc6c(-c6ccccc6)cc5c34)c2)c#1. The van der Waals surface area contributed by atoms with Gasteiger partial charge < -0.3 is 4.42 Å². The molecule has 0 amide bonds. The normalized spacial score (nSPS) is 11.2. The van der Waals surface area contributed by atoms with Gasteiger partial charge in [-0.15, -0.1) is 0 Å². The van der Waals surface area contributed by atoms with Crippen molar-refractivity contribution >= 4 is 32.7 Å². The summed E-state index contributed by atoms with van der Waals surface area (Å²) < 4.78 is 6.66. The molecule has 0 bridgehead atoms. The van der Waals surface area contributed by atoms with E-state index >= 15 is 0 Å². The molecule has 53 heavy (non-hydrogen) atoms. The second kappa shape index (κ2) is 12.8. The Balaban J connectivity index is 1.10. The second-order valence-electron chi connectivity index (χ2n) is 13.2. The van der Waals surface area contributed by atoms with E-state index in [0.29, 0.717) is 5.82 Å². The van der Waals surface area contributed by atoms with E-state index in [0.717, 1.165) is 77.7 Å². The first-order valence-electron chi connectivity index (χ1n) is 17.7. The number of nitrogens with zero attached hydrogens (tertiary/aromatic N) is 2. The first-order valence-corrected chi connectivity index (χ1v) is 17.7. The molecule has 0 aliphatic carbocycles. The van der Waals surface area contributed by atoms with Crippen LogP contribution in [0.25, 0.3) is 100.0 Å². The van der Waals surface area contributed by atoms with Gasteiger partial charge in [0.1, 0.15) is 11.2 Å². The van der Waals surface area contributed by atoms with Crippen LogP contribution >= 0.6 is 0 Å². The Morgan fingerprint density at radius 1 is 0.415 bits per heavy atom. The first-order chi connectivity index (χ1) is 26.3. The molecule has 8 aromatic carbocycles. The van der Waals surface area contributed by atoms with Gasteiger partial charge in [0.2, 0.25) is 0 Å². The van der Waals surface area contributed by atoms with Gasteiger partial charge in [0.05, 0.1) is 11.4 Å². The Kier molecular flexibility index (Phi) is 7.37. The Morgan fingerprint density at radius 3 is 1.81 bits per heavy atom. The summed E-state index contributed by atoms with van der Waals surface area (Å²) in [6, 6.07) is 69.6. The summed E-state index contributed by atoms with van der Waals surface area (Å²) in [7, 11) is 0. The molecular weight excluding hydrogens is 645 g/mol. The van der Waals surface area contributed by atoms with E-state index in [1.165, 1.54) is 16.5 Å². The van der Waals surface area contributed by atoms with Gasteiger partial charge in [0.25, 0.3) is 0 Å². The van der Waals surface area contributed by atoms with Crippen LogP contribution in [0.4, 0.5) is 0 Å². The molecule has 10 rings (SSSR count). The van der Waals surface area contributed by atoms with Crippen molar-refractivity contribution in [2.45, 2.75) is 0 Å². The molecule has 0 radical (unpaired) electrons. The van der Waals surface area contributed by atoms with E-state index in [-0.39, 0.29) is 0 Å². The summed E-state index contributed by atoms with van der Waals surface area (Å²) in [5, 5.41) is 4.50. The molecule has 0 aliphatic rings. The quantitative estimate of drug-likeness (QED) is 0.176. The third kappa shape index (κ3) is 5.51. The van der Waals surface area contributed by atoms with Crippen LogP contribution in [0.2, 0.25) is 0 Å². The zero-order chi connectivity index (χ0) is 35.1. The van der Waals surface area contributed by atoms with Gasteiger partial charge in [0.15, 0.2) is 5.82 Å². The Labute approximate surface area is 307 Å². The molecule has 2 heterocycles. The van der Waals surface area contributed by atoms with E-state index in [2.05, 4.69) is 140 Å². The standard InChI is InChI=1S/C50H30N2O/c1-4-15-33(16-5-1)43-31-44-48-40(27-14-28-47(48)53-49(44)42-26-11-10-25-41(42)43)38-23-12-21-36(29-38)37-22-13-24-39(30-37)46-32-45(34-17-6-2-7-18-34)51-50(52-46)35-19-8-3-9-20-35/h1-12,14-21,23-32H. The molecule has 2 aromatic heterocycles. The van der Waals surface area contributed by atoms with Gasteiger partial charge in [0, 0.05) is 38.4 Å². The monoisotopic (exact) mass is 674 g/mol. The third-order valence-corrected chi connectivity index (χ3v) is 9.93. The fourth-order valence-electron chi connectivity index (χ4n) is 7.40. The summed E-state index contributed by atoms with van der Waals surface area (Å²) in [5.41, 5.74) is 13.0. The van der Waals surface area contributed by atoms with Crippen LogP contribution in [0.3, 0.4) is 0 Å². The van der Waals surface area contributed by atoms with Crippen molar-refractivity contribution in [2.24, 2.45) is 0 Å². The lowest BCUT2D eigenvalue weighted by Gasteiger charge is -2.10. The van der Waals surface area contributed by atoms with Crippen molar-refractivity contribution in [2.75, 3.05) is 0 Å². The number of benzene rings is 7. The summed E-state index contributed by atoms with van der Waals surface area (Å²) in [4.78, 5) is 10.0. The maximum absolute atomic E-state index is 6.66. The fraction of sp³-hybridized carbons (Fsp3) is 0. The minimum absolute atomic E-state index is 0.682. The molecule has 0 fully saturated rings. The van der Waals surface area contributed by atoms with Crippen LogP contribution in [0.1, 0.15) is 0 Å². The first kappa shape index (κ1) is 30.5. The lowest BCUT2D eigenvalue weighted by atomic mass is 9.92. The molecule has 0 saturated carbocycles. The number of furan rings is 1.